The summed E-state index contributed by atoms with van der Waals surface area (Å²) in [6.45, 7) is 4.53. The lowest BCUT2D eigenvalue weighted by Crippen LogP contribution is -2.38. The molecule has 0 saturated carbocycles. The van der Waals surface area contributed by atoms with Crippen LogP contribution in [0.4, 0.5) is 0 Å². The number of amides is 1. The summed E-state index contributed by atoms with van der Waals surface area (Å²) in [7, 11) is 0. The Morgan fingerprint density at radius 3 is 2.67 bits per heavy atom. The highest BCUT2D eigenvalue weighted by molar-refractivity contribution is 5.93. The van der Waals surface area contributed by atoms with E-state index in [1.54, 1.807) is 0 Å². The van der Waals surface area contributed by atoms with Crippen molar-refractivity contribution in [2.75, 3.05) is 26.2 Å². The molecule has 0 aliphatic carbocycles. The van der Waals surface area contributed by atoms with Crippen molar-refractivity contribution >= 4 is 5.91 Å². The molecule has 0 spiro atoms. The number of benzene rings is 1. The van der Waals surface area contributed by atoms with Gasteiger partial charge in [-0.2, -0.15) is 0 Å². The van der Waals surface area contributed by atoms with Crippen molar-refractivity contribution in [1.82, 2.24) is 10.6 Å². The molecule has 0 radical (unpaired) electrons. The highest BCUT2D eigenvalue weighted by Crippen LogP contribution is 2.09. The number of ether oxygens (including phenoxy) is 1. The molecule has 1 aliphatic rings. The zero-order valence-corrected chi connectivity index (χ0v) is 10.5. The molecule has 0 unspecified atom stereocenters. The van der Waals surface area contributed by atoms with E-state index >= 15 is 0 Å². The molecule has 0 bridgehead atoms. The van der Waals surface area contributed by atoms with Gasteiger partial charge in [0.1, 0.15) is 12.4 Å². The Bertz CT molecular complexity index is 434. The van der Waals surface area contributed by atoms with E-state index in [4.69, 9.17) is 4.74 Å². The number of rotatable bonds is 5. The molecule has 96 valence electrons. The summed E-state index contributed by atoms with van der Waals surface area (Å²) in [6.07, 6.45) is 0. The molecule has 4 heteroatoms. The maximum absolute atomic E-state index is 11.7. The van der Waals surface area contributed by atoms with Crippen LogP contribution in [0.3, 0.4) is 0 Å². The van der Waals surface area contributed by atoms with Gasteiger partial charge in [-0.1, -0.05) is 18.2 Å². The lowest BCUT2D eigenvalue weighted by molar-refractivity contribution is -0.117. The van der Waals surface area contributed by atoms with E-state index in [-0.39, 0.29) is 5.91 Å². The van der Waals surface area contributed by atoms with Crippen LogP contribution in [0, 0.1) is 0 Å². The zero-order chi connectivity index (χ0) is 12.8. The second kappa shape index (κ2) is 6.21. The summed E-state index contributed by atoms with van der Waals surface area (Å²) in [5, 5.41) is 5.98. The van der Waals surface area contributed by atoms with E-state index in [0.717, 1.165) is 24.4 Å². The average molecular weight is 246 g/mol. The fraction of sp³-hybridized carbons (Fsp3) is 0.357. The van der Waals surface area contributed by atoms with E-state index in [0.29, 0.717) is 13.2 Å². The van der Waals surface area contributed by atoms with E-state index in [9.17, 15) is 4.79 Å². The first-order chi connectivity index (χ1) is 8.77. The fourth-order valence-electron chi connectivity index (χ4n) is 1.66. The Hall–Kier alpha value is -1.81. The highest BCUT2D eigenvalue weighted by Gasteiger charge is 2.15. The molecule has 2 N–H and O–H groups in total. The summed E-state index contributed by atoms with van der Waals surface area (Å²) < 4.78 is 5.49. The predicted octanol–water partition coefficient (Wildman–Crippen LogP) is 1.10. The Morgan fingerprint density at radius 2 is 2.06 bits per heavy atom. The van der Waals surface area contributed by atoms with Crippen molar-refractivity contribution in [2.24, 2.45) is 0 Å². The summed E-state index contributed by atoms with van der Waals surface area (Å²) in [5.41, 5.74) is 2.02. The largest absolute Gasteiger partial charge is 0.492 e. The van der Waals surface area contributed by atoms with Crippen molar-refractivity contribution in [3.05, 3.63) is 41.5 Å². The minimum absolute atomic E-state index is 0.00293. The van der Waals surface area contributed by atoms with Crippen LogP contribution in [-0.4, -0.2) is 32.1 Å². The molecule has 1 amide bonds. The Kier molecular flexibility index (Phi) is 4.36. The number of carbonyl (C=O) groups is 1. The third-order valence-corrected chi connectivity index (χ3v) is 2.95. The van der Waals surface area contributed by atoms with Gasteiger partial charge in [0.15, 0.2) is 0 Å². The summed E-state index contributed by atoms with van der Waals surface area (Å²) >= 11 is 0. The Labute approximate surface area is 107 Å². The van der Waals surface area contributed by atoms with Crippen LogP contribution < -0.4 is 15.4 Å². The maximum Gasteiger partial charge on any atom is 0.247 e. The van der Waals surface area contributed by atoms with Crippen LogP contribution in [0.15, 0.2) is 41.5 Å². The number of nitrogens with one attached hydrogen (secondary N) is 2. The van der Waals surface area contributed by atoms with Crippen molar-refractivity contribution < 1.29 is 9.53 Å². The predicted molar refractivity (Wildman–Crippen MR) is 70.5 cm³/mol. The molecule has 1 aliphatic heterocycles. The molecular formula is C14H18N2O2. The molecule has 0 atom stereocenters. The van der Waals surface area contributed by atoms with Gasteiger partial charge in [0, 0.05) is 18.7 Å². The third kappa shape index (κ3) is 3.34. The van der Waals surface area contributed by atoms with E-state index in [2.05, 4.69) is 10.6 Å². The van der Waals surface area contributed by atoms with Gasteiger partial charge < -0.3 is 15.4 Å². The first-order valence-electron chi connectivity index (χ1n) is 6.13. The van der Waals surface area contributed by atoms with E-state index in [1.165, 1.54) is 5.57 Å². The number of hydrogen-bond donors (Lipinski definition) is 2. The zero-order valence-electron chi connectivity index (χ0n) is 10.5. The second-order valence-electron chi connectivity index (χ2n) is 4.25. The summed E-state index contributed by atoms with van der Waals surface area (Å²) in [5.74, 6) is 0.827. The van der Waals surface area contributed by atoms with Crippen molar-refractivity contribution in [2.45, 2.75) is 6.92 Å². The van der Waals surface area contributed by atoms with Crippen LogP contribution in [0.5, 0.6) is 5.75 Å². The number of hydrogen-bond acceptors (Lipinski definition) is 3. The van der Waals surface area contributed by atoms with Gasteiger partial charge in [0.2, 0.25) is 5.91 Å². The van der Waals surface area contributed by atoms with Crippen LogP contribution in [0.25, 0.3) is 0 Å². The minimum atomic E-state index is 0.00293. The van der Waals surface area contributed by atoms with Crippen LogP contribution in [0.1, 0.15) is 6.92 Å². The SMILES string of the molecule is CC(C(=O)NCCOc1ccccc1)=C1CNC1. The molecule has 4 nitrogen and oxygen atoms in total. The molecule has 0 aromatic heterocycles. The van der Waals surface area contributed by atoms with Crippen molar-refractivity contribution in [3.63, 3.8) is 0 Å². The second-order valence-corrected chi connectivity index (χ2v) is 4.25. The van der Waals surface area contributed by atoms with Gasteiger partial charge >= 0.3 is 0 Å². The first-order valence-corrected chi connectivity index (χ1v) is 6.13. The first kappa shape index (κ1) is 12.6. The fourth-order valence-corrected chi connectivity index (χ4v) is 1.66. The molecular weight excluding hydrogens is 228 g/mol. The maximum atomic E-state index is 11.7. The topological polar surface area (TPSA) is 50.4 Å². The Morgan fingerprint density at radius 1 is 1.33 bits per heavy atom. The molecule has 1 heterocycles. The smallest absolute Gasteiger partial charge is 0.247 e. The quantitative estimate of drug-likeness (QED) is 0.604. The average Bonchev–Trinajstić information content (AvgIpc) is 2.33. The Balaban J connectivity index is 1.68. The lowest BCUT2D eigenvalue weighted by atomic mass is 10.0. The van der Waals surface area contributed by atoms with Crippen LogP contribution in [0.2, 0.25) is 0 Å². The normalized spacial score (nSPS) is 13.7. The molecule has 1 fully saturated rings. The third-order valence-electron chi connectivity index (χ3n) is 2.95. The standard InChI is InChI=1S/C14H18N2O2/c1-11(12-9-15-10-12)14(17)16-7-8-18-13-5-3-2-4-6-13/h2-6,15H,7-10H2,1H3,(H,16,17). The molecule has 1 aromatic rings. The van der Waals surface area contributed by atoms with Crippen LogP contribution in [-0.2, 0) is 4.79 Å². The molecule has 1 aromatic carbocycles. The number of carbonyl (C=O) groups excluding carboxylic acids is 1. The highest BCUT2D eigenvalue weighted by atomic mass is 16.5. The van der Waals surface area contributed by atoms with Crippen molar-refractivity contribution in [1.29, 1.82) is 0 Å². The van der Waals surface area contributed by atoms with Gasteiger partial charge in [0.05, 0.1) is 6.54 Å². The van der Waals surface area contributed by atoms with Gasteiger partial charge in [-0.3, -0.25) is 4.79 Å². The molecule has 18 heavy (non-hydrogen) atoms. The van der Waals surface area contributed by atoms with Crippen LogP contribution >= 0.6 is 0 Å². The molecule has 1 saturated heterocycles. The summed E-state index contributed by atoms with van der Waals surface area (Å²) in [4.78, 5) is 11.7. The lowest BCUT2D eigenvalue weighted by Gasteiger charge is -2.21. The monoisotopic (exact) mass is 246 g/mol. The van der Waals surface area contributed by atoms with Gasteiger partial charge in [0.25, 0.3) is 0 Å². The van der Waals surface area contributed by atoms with E-state index in [1.807, 2.05) is 37.3 Å². The van der Waals surface area contributed by atoms with Gasteiger partial charge in [-0.05, 0) is 24.6 Å². The summed E-state index contributed by atoms with van der Waals surface area (Å²) in [6, 6.07) is 9.58. The molecule has 2 rings (SSSR count). The minimum Gasteiger partial charge on any atom is -0.492 e. The van der Waals surface area contributed by atoms with E-state index < -0.39 is 0 Å². The van der Waals surface area contributed by atoms with Gasteiger partial charge in [-0.25, -0.2) is 0 Å². The van der Waals surface area contributed by atoms with Crippen molar-refractivity contribution in [3.8, 4) is 5.75 Å². The number of para-hydroxylation sites is 1. The van der Waals surface area contributed by atoms with Gasteiger partial charge in [-0.15, -0.1) is 0 Å².